The van der Waals surface area contributed by atoms with Gasteiger partial charge in [0.15, 0.2) is 0 Å². The van der Waals surface area contributed by atoms with Gasteiger partial charge in [-0.3, -0.25) is 9.48 Å². The fraction of sp³-hybridized carbons (Fsp3) is 0.261. The van der Waals surface area contributed by atoms with Gasteiger partial charge in [0.2, 0.25) is 11.7 Å². The summed E-state index contributed by atoms with van der Waals surface area (Å²) >= 11 is 1.58. The lowest BCUT2D eigenvalue weighted by molar-refractivity contribution is 0.0659. The molecular formula is C23H21N7O2S. The minimum absolute atomic E-state index is 0.187. The lowest BCUT2D eigenvalue weighted by atomic mass is 10.0. The summed E-state index contributed by atoms with van der Waals surface area (Å²) in [6, 6.07) is 7.81. The van der Waals surface area contributed by atoms with Crippen molar-refractivity contribution in [2.45, 2.75) is 32.4 Å². The number of benzene rings is 1. The van der Waals surface area contributed by atoms with E-state index in [0.717, 1.165) is 32.2 Å². The molecule has 10 heteroatoms. The Hall–Kier alpha value is -3.79. The van der Waals surface area contributed by atoms with Crippen molar-refractivity contribution in [2.24, 2.45) is 0 Å². The molecule has 0 spiro atoms. The molecule has 0 aliphatic carbocycles. The quantitative estimate of drug-likeness (QED) is 0.431. The van der Waals surface area contributed by atoms with Crippen molar-refractivity contribution >= 4 is 27.5 Å². The minimum Gasteiger partial charge on any atom is -0.431 e. The standard InChI is InChI=1S/C23H21N7O2S/c1-13(2)30-11-14(9-27-30)21-24-10-17(32-21)23(31)29-8-7-16-19(26-12-25-16)20(29)22-28-15-5-3-4-6-18(15)33-22/h3-6,9-13,20H,7-8H2,1-2H3,(H,25,26)/t20-/m0/s1. The molecule has 0 bridgehead atoms. The molecule has 0 unspecified atom stereocenters. The van der Waals surface area contributed by atoms with Crippen LogP contribution < -0.4 is 0 Å². The first-order valence-electron chi connectivity index (χ1n) is 10.8. The number of thiazole rings is 1. The monoisotopic (exact) mass is 459 g/mol. The summed E-state index contributed by atoms with van der Waals surface area (Å²) in [5.41, 5.74) is 3.50. The van der Waals surface area contributed by atoms with Gasteiger partial charge in [0.05, 0.1) is 40.2 Å². The minimum atomic E-state index is -0.387. The molecule has 1 N–H and O–H groups in total. The first-order chi connectivity index (χ1) is 16.1. The molecule has 0 saturated carbocycles. The number of hydrogen-bond donors (Lipinski definition) is 1. The summed E-state index contributed by atoms with van der Waals surface area (Å²) in [6.07, 6.45) is 7.41. The van der Waals surface area contributed by atoms with Gasteiger partial charge in [0.25, 0.3) is 5.91 Å². The number of H-pyrrole nitrogens is 1. The zero-order chi connectivity index (χ0) is 22.5. The predicted molar refractivity (Wildman–Crippen MR) is 123 cm³/mol. The van der Waals surface area contributed by atoms with Gasteiger partial charge in [-0.2, -0.15) is 5.10 Å². The Morgan fingerprint density at radius 1 is 1.24 bits per heavy atom. The Labute approximate surface area is 193 Å². The number of nitrogens with one attached hydrogen (secondary N) is 1. The van der Waals surface area contributed by atoms with E-state index in [0.29, 0.717) is 18.9 Å². The topological polar surface area (TPSA) is 106 Å². The number of carbonyl (C=O) groups excluding carboxylic acids is 1. The SMILES string of the molecule is CC(C)n1cc(-c2ncc(C(=O)N3CCc4[nH]cnc4[C@H]3c3nc4ccccc4s3)o2)cn1. The third-order valence-corrected chi connectivity index (χ3v) is 6.91. The molecular weight excluding hydrogens is 438 g/mol. The number of para-hydroxylation sites is 1. The maximum absolute atomic E-state index is 13.6. The van der Waals surface area contributed by atoms with Crippen molar-refractivity contribution < 1.29 is 9.21 Å². The second kappa shape index (κ2) is 7.66. The van der Waals surface area contributed by atoms with Gasteiger partial charge >= 0.3 is 0 Å². The van der Waals surface area contributed by atoms with Crippen LogP contribution in [0, 0.1) is 0 Å². The van der Waals surface area contributed by atoms with E-state index in [-0.39, 0.29) is 23.8 Å². The average molecular weight is 460 g/mol. The molecule has 0 radical (unpaired) electrons. The van der Waals surface area contributed by atoms with E-state index in [4.69, 9.17) is 9.40 Å². The number of carbonyl (C=O) groups is 1. The van der Waals surface area contributed by atoms with Crippen LogP contribution in [0.2, 0.25) is 0 Å². The van der Waals surface area contributed by atoms with Crippen LogP contribution in [-0.4, -0.2) is 47.1 Å². The normalized spacial score (nSPS) is 16.0. The molecule has 1 aliphatic rings. The molecule has 9 nitrogen and oxygen atoms in total. The van der Waals surface area contributed by atoms with Crippen molar-refractivity contribution in [3.8, 4) is 11.5 Å². The van der Waals surface area contributed by atoms with Crippen LogP contribution in [0.25, 0.3) is 21.7 Å². The van der Waals surface area contributed by atoms with Gasteiger partial charge in [-0.25, -0.2) is 15.0 Å². The van der Waals surface area contributed by atoms with Crippen LogP contribution in [0.5, 0.6) is 0 Å². The predicted octanol–water partition coefficient (Wildman–Crippen LogP) is 4.24. The number of amides is 1. The van der Waals surface area contributed by atoms with Gasteiger partial charge < -0.3 is 14.3 Å². The van der Waals surface area contributed by atoms with Crippen LogP contribution in [-0.2, 0) is 6.42 Å². The van der Waals surface area contributed by atoms with E-state index in [1.807, 2.05) is 49.0 Å². The zero-order valence-corrected chi connectivity index (χ0v) is 18.9. The van der Waals surface area contributed by atoms with Crippen LogP contribution in [0.1, 0.15) is 52.9 Å². The Morgan fingerprint density at radius 2 is 2.12 bits per heavy atom. The van der Waals surface area contributed by atoms with Crippen LogP contribution in [0.4, 0.5) is 0 Å². The van der Waals surface area contributed by atoms with Crippen molar-refractivity contribution in [3.63, 3.8) is 0 Å². The highest BCUT2D eigenvalue weighted by Crippen LogP contribution is 2.38. The molecule has 6 rings (SSSR count). The third-order valence-electron chi connectivity index (χ3n) is 5.82. The summed E-state index contributed by atoms with van der Waals surface area (Å²) in [6.45, 7) is 4.61. The number of hydrogen-bond acceptors (Lipinski definition) is 7. The van der Waals surface area contributed by atoms with Gasteiger partial charge in [-0.1, -0.05) is 12.1 Å². The Balaban J connectivity index is 1.36. The summed E-state index contributed by atoms with van der Waals surface area (Å²) in [5, 5.41) is 5.16. The second-order valence-electron chi connectivity index (χ2n) is 8.27. The van der Waals surface area contributed by atoms with E-state index in [1.165, 1.54) is 6.20 Å². The van der Waals surface area contributed by atoms with E-state index in [1.54, 1.807) is 28.8 Å². The number of rotatable bonds is 4. The molecule has 1 atom stereocenters. The first kappa shape index (κ1) is 19.9. The molecule has 5 aromatic rings. The molecule has 33 heavy (non-hydrogen) atoms. The fourth-order valence-corrected chi connectivity index (χ4v) is 5.22. The summed E-state index contributed by atoms with van der Waals surface area (Å²) in [4.78, 5) is 32.3. The molecule has 5 heterocycles. The number of imidazole rings is 1. The van der Waals surface area contributed by atoms with Gasteiger partial charge in [-0.15, -0.1) is 11.3 Å². The Bertz CT molecular complexity index is 1430. The van der Waals surface area contributed by atoms with Gasteiger partial charge in [0.1, 0.15) is 11.0 Å². The highest BCUT2D eigenvalue weighted by atomic mass is 32.1. The van der Waals surface area contributed by atoms with Crippen LogP contribution in [0.15, 0.2) is 53.6 Å². The Morgan fingerprint density at radius 3 is 2.94 bits per heavy atom. The number of fused-ring (bicyclic) bond motifs is 2. The van der Waals surface area contributed by atoms with Crippen molar-refractivity contribution in [1.29, 1.82) is 0 Å². The molecule has 1 aliphatic heterocycles. The third kappa shape index (κ3) is 3.34. The smallest absolute Gasteiger partial charge is 0.292 e. The zero-order valence-electron chi connectivity index (χ0n) is 18.1. The van der Waals surface area contributed by atoms with E-state index >= 15 is 0 Å². The van der Waals surface area contributed by atoms with E-state index in [9.17, 15) is 4.79 Å². The number of aromatic nitrogens is 6. The molecule has 166 valence electrons. The lowest BCUT2D eigenvalue weighted by Gasteiger charge is -2.33. The van der Waals surface area contributed by atoms with Crippen LogP contribution in [0.3, 0.4) is 0 Å². The summed E-state index contributed by atoms with van der Waals surface area (Å²) in [7, 11) is 0. The maximum Gasteiger partial charge on any atom is 0.292 e. The molecule has 1 aromatic carbocycles. The van der Waals surface area contributed by atoms with Crippen molar-refractivity contribution in [2.75, 3.05) is 6.54 Å². The summed E-state index contributed by atoms with van der Waals surface area (Å²) in [5.74, 6) is 0.328. The van der Waals surface area contributed by atoms with Gasteiger partial charge in [0, 0.05) is 30.9 Å². The molecule has 1 amide bonds. The molecule has 4 aromatic heterocycles. The Kier molecular flexibility index (Phi) is 4.61. The largest absolute Gasteiger partial charge is 0.431 e. The van der Waals surface area contributed by atoms with Crippen molar-refractivity contribution in [1.82, 2.24) is 34.6 Å². The molecule has 0 saturated heterocycles. The molecule has 0 fully saturated rings. The number of oxazole rings is 1. The van der Waals surface area contributed by atoms with Gasteiger partial charge in [-0.05, 0) is 26.0 Å². The average Bonchev–Trinajstić information content (AvgIpc) is 3.61. The van der Waals surface area contributed by atoms with Crippen LogP contribution >= 0.6 is 11.3 Å². The number of nitrogens with zero attached hydrogens (tertiary/aromatic N) is 6. The first-order valence-corrected chi connectivity index (χ1v) is 11.6. The fourth-order valence-electron chi connectivity index (χ4n) is 4.13. The van der Waals surface area contributed by atoms with E-state index in [2.05, 4.69) is 20.1 Å². The maximum atomic E-state index is 13.6. The highest BCUT2D eigenvalue weighted by molar-refractivity contribution is 7.18. The lowest BCUT2D eigenvalue weighted by Crippen LogP contribution is -2.40. The number of aromatic amines is 1. The van der Waals surface area contributed by atoms with E-state index < -0.39 is 0 Å². The second-order valence-corrected chi connectivity index (χ2v) is 9.33. The van der Waals surface area contributed by atoms with Crippen molar-refractivity contribution in [3.05, 3.63) is 71.3 Å². The summed E-state index contributed by atoms with van der Waals surface area (Å²) < 4.78 is 8.79. The highest BCUT2D eigenvalue weighted by Gasteiger charge is 2.37.